The van der Waals surface area contributed by atoms with Crippen molar-refractivity contribution in [3.05, 3.63) is 28.2 Å². The smallest absolute Gasteiger partial charge is 0.0642 e. The molecule has 1 aromatic carbocycles. The van der Waals surface area contributed by atoms with E-state index in [9.17, 15) is 0 Å². The van der Waals surface area contributed by atoms with Gasteiger partial charge in [-0.2, -0.15) is 0 Å². The van der Waals surface area contributed by atoms with Crippen LogP contribution in [0, 0.1) is 0 Å². The van der Waals surface area contributed by atoms with Crippen molar-refractivity contribution >= 4 is 21.6 Å². The Hall–Kier alpha value is -0.580. The second-order valence-electron chi connectivity index (χ2n) is 4.61. The van der Waals surface area contributed by atoms with E-state index in [-0.39, 0.29) is 0 Å². The molecule has 0 N–H and O–H groups in total. The Labute approximate surface area is 111 Å². The first-order chi connectivity index (χ1) is 8.16. The molecule has 0 radical (unpaired) electrons. The van der Waals surface area contributed by atoms with Crippen LogP contribution in [0.2, 0.25) is 0 Å². The van der Waals surface area contributed by atoms with Crippen LogP contribution >= 0.6 is 15.9 Å². The average Bonchev–Trinajstić information content (AvgIpc) is 2.29. The number of rotatable bonds is 3. The maximum atomic E-state index is 5.40. The van der Waals surface area contributed by atoms with Crippen LogP contribution < -0.4 is 4.90 Å². The fraction of sp³-hybridized carbons (Fsp3) is 0.538. The first-order valence-corrected chi connectivity index (χ1v) is 6.72. The molecule has 0 bridgehead atoms. The molecule has 2 rings (SSSR count). The summed E-state index contributed by atoms with van der Waals surface area (Å²) in [7, 11) is 4.20. The maximum Gasteiger partial charge on any atom is 0.0642 e. The van der Waals surface area contributed by atoms with Gasteiger partial charge in [0.1, 0.15) is 0 Å². The van der Waals surface area contributed by atoms with Crippen molar-refractivity contribution in [1.82, 2.24) is 4.90 Å². The Morgan fingerprint density at radius 3 is 2.65 bits per heavy atom. The van der Waals surface area contributed by atoms with Gasteiger partial charge in [-0.3, -0.25) is 0 Å². The summed E-state index contributed by atoms with van der Waals surface area (Å²) in [6, 6.07) is 6.53. The van der Waals surface area contributed by atoms with Crippen molar-refractivity contribution < 1.29 is 4.74 Å². The third kappa shape index (κ3) is 3.44. The van der Waals surface area contributed by atoms with Gasteiger partial charge in [-0.1, -0.05) is 15.9 Å². The number of benzene rings is 1. The molecule has 1 aliphatic rings. The summed E-state index contributed by atoms with van der Waals surface area (Å²) >= 11 is 3.55. The van der Waals surface area contributed by atoms with E-state index in [0.29, 0.717) is 0 Å². The zero-order valence-electron chi connectivity index (χ0n) is 10.4. The lowest BCUT2D eigenvalue weighted by Crippen LogP contribution is -2.37. The van der Waals surface area contributed by atoms with Crippen molar-refractivity contribution in [1.29, 1.82) is 0 Å². The van der Waals surface area contributed by atoms with E-state index in [0.717, 1.165) is 37.3 Å². The maximum absolute atomic E-state index is 5.40. The van der Waals surface area contributed by atoms with E-state index >= 15 is 0 Å². The van der Waals surface area contributed by atoms with Gasteiger partial charge in [0.25, 0.3) is 0 Å². The first kappa shape index (κ1) is 12.9. The molecule has 0 atom stereocenters. The second-order valence-corrected chi connectivity index (χ2v) is 5.53. The van der Waals surface area contributed by atoms with Crippen LogP contribution in [0.5, 0.6) is 0 Å². The standard InChI is InChI=1S/C13H19BrN2O/c1-15(2)10-11-9-12(14)3-4-13(11)16-5-7-17-8-6-16/h3-4,9H,5-8,10H2,1-2H3. The number of morpholine rings is 1. The summed E-state index contributed by atoms with van der Waals surface area (Å²) in [6.07, 6.45) is 0. The molecular formula is C13H19BrN2O. The van der Waals surface area contributed by atoms with Gasteiger partial charge in [-0.25, -0.2) is 0 Å². The highest BCUT2D eigenvalue weighted by Gasteiger charge is 2.15. The summed E-state index contributed by atoms with van der Waals surface area (Å²) in [5, 5.41) is 0. The van der Waals surface area contributed by atoms with Crippen molar-refractivity contribution in [2.75, 3.05) is 45.3 Å². The van der Waals surface area contributed by atoms with Gasteiger partial charge in [0, 0.05) is 29.8 Å². The fourth-order valence-corrected chi connectivity index (χ4v) is 2.54. The monoisotopic (exact) mass is 298 g/mol. The molecule has 17 heavy (non-hydrogen) atoms. The van der Waals surface area contributed by atoms with Crippen molar-refractivity contribution in [3.8, 4) is 0 Å². The van der Waals surface area contributed by atoms with Crippen LogP contribution in [0.25, 0.3) is 0 Å². The molecule has 0 amide bonds. The number of hydrogen-bond donors (Lipinski definition) is 0. The SMILES string of the molecule is CN(C)Cc1cc(Br)ccc1N1CCOCC1. The third-order valence-electron chi connectivity index (χ3n) is 2.88. The Morgan fingerprint density at radius 2 is 2.00 bits per heavy atom. The molecule has 0 spiro atoms. The molecule has 0 aliphatic carbocycles. The Morgan fingerprint density at radius 1 is 1.29 bits per heavy atom. The van der Waals surface area contributed by atoms with E-state index in [1.54, 1.807) is 0 Å². The minimum Gasteiger partial charge on any atom is -0.378 e. The lowest BCUT2D eigenvalue weighted by Gasteiger charge is -2.31. The number of ether oxygens (including phenoxy) is 1. The normalized spacial score (nSPS) is 16.6. The third-order valence-corrected chi connectivity index (χ3v) is 3.37. The molecule has 0 saturated carbocycles. The summed E-state index contributed by atoms with van der Waals surface area (Å²) in [4.78, 5) is 4.61. The number of nitrogens with zero attached hydrogens (tertiary/aromatic N) is 2. The molecule has 1 heterocycles. The largest absolute Gasteiger partial charge is 0.378 e. The number of anilines is 1. The molecule has 1 aromatic rings. The zero-order valence-corrected chi connectivity index (χ0v) is 12.0. The van der Waals surface area contributed by atoms with Gasteiger partial charge < -0.3 is 14.5 Å². The summed E-state index contributed by atoms with van der Waals surface area (Å²) in [5.74, 6) is 0. The topological polar surface area (TPSA) is 15.7 Å². The van der Waals surface area contributed by atoms with Crippen LogP contribution in [0.1, 0.15) is 5.56 Å². The quantitative estimate of drug-likeness (QED) is 0.852. The summed E-state index contributed by atoms with van der Waals surface area (Å²) in [5.41, 5.74) is 2.71. The van der Waals surface area contributed by atoms with Gasteiger partial charge >= 0.3 is 0 Å². The summed E-state index contributed by atoms with van der Waals surface area (Å²) in [6.45, 7) is 4.60. The van der Waals surface area contributed by atoms with E-state index in [4.69, 9.17) is 4.74 Å². The summed E-state index contributed by atoms with van der Waals surface area (Å²) < 4.78 is 6.55. The molecule has 94 valence electrons. The lowest BCUT2D eigenvalue weighted by molar-refractivity contribution is 0.122. The van der Waals surface area contributed by atoms with Gasteiger partial charge in [0.05, 0.1) is 13.2 Å². The van der Waals surface area contributed by atoms with Crippen LogP contribution in [-0.2, 0) is 11.3 Å². The van der Waals surface area contributed by atoms with Crippen molar-refractivity contribution in [2.24, 2.45) is 0 Å². The molecule has 0 unspecified atom stereocenters. The van der Waals surface area contributed by atoms with Gasteiger partial charge in [0.15, 0.2) is 0 Å². The molecule has 1 fully saturated rings. The van der Waals surface area contributed by atoms with Crippen LogP contribution in [0.3, 0.4) is 0 Å². The van der Waals surface area contributed by atoms with E-state index in [1.807, 2.05) is 0 Å². The van der Waals surface area contributed by atoms with Crippen LogP contribution in [0.4, 0.5) is 5.69 Å². The van der Waals surface area contributed by atoms with Crippen LogP contribution in [0.15, 0.2) is 22.7 Å². The average molecular weight is 299 g/mol. The highest BCUT2D eigenvalue weighted by atomic mass is 79.9. The number of halogens is 1. The first-order valence-electron chi connectivity index (χ1n) is 5.92. The van der Waals surface area contributed by atoms with E-state index in [2.05, 4.69) is 58.0 Å². The van der Waals surface area contributed by atoms with Gasteiger partial charge in [-0.15, -0.1) is 0 Å². The lowest BCUT2D eigenvalue weighted by atomic mass is 10.1. The molecule has 4 heteroatoms. The van der Waals surface area contributed by atoms with Gasteiger partial charge in [0.2, 0.25) is 0 Å². The van der Waals surface area contributed by atoms with Crippen molar-refractivity contribution in [2.45, 2.75) is 6.54 Å². The second kappa shape index (κ2) is 5.85. The van der Waals surface area contributed by atoms with Crippen LogP contribution in [-0.4, -0.2) is 45.3 Å². The van der Waals surface area contributed by atoms with Gasteiger partial charge in [-0.05, 0) is 37.9 Å². The molecule has 3 nitrogen and oxygen atoms in total. The Bertz CT molecular complexity index is 376. The molecule has 1 saturated heterocycles. The fourth-order valence-electron chi connectivity index (χ4n) is 2.13. The Balaban J connectivity index is 2.24. The van der Waals surface area contributed by atoms with E-state index < -0.39 is 0 Å². The number of hydrogen-bond acceptors (Lipinski definition) is 3. The van der Waals surface area contributed by atoms with E-state index in [1.165, 1.54) is 11.3 Å². The predicted octanol–water partition coefficient (Wildman–Crippen LogP) is 2.35. The highest BCUT2D eigenvalue weighted by molar-refractivity contribution is 9.10. The zero-order chi connectivity index (χ0) is 12.3. The molecule has 1 aliphatic heterocycles. The highest BCUT2D eigenvalue weighted by Crippen LogP contribution is 2.26. The minimum atomic E-state index is 0.831. The Kier molecular flexibility index (Phi) is 4.42. The molecule has 0 aromatic heterocycles. The minimum absolute atomic E-state index is 0.831. The molecular weight excluding hydrogens is 280 g/mol. The predicted molar refractivity (Wildman–Crippen MR) is 74.6 cm³/mol. The van der Waals surface area contributed by atoms with Crippen molar-refractivity contribution in [3.63, 3.8) is 0 Å².